The minimum absolute atomic E-state index is 0.113. The van der Waals surface area contributed by atoms with Gasteiger partial charge in [-0.25, -0.2) is 5.01 Å². The van der Waals surface area contributed by atoms with Crippen molar-refractivity contribution in [2.45, 2.75) is 19.4 Å². The number of phenols is 1. The zero-order valence-electron chi connectivity index (χ0n) is 12.9. The number of carbonyl (C=O) groups is 1. The second-order valence-electron chi connectivity index (χ2n) is 5.47. The molecule has 2 aromatic rings. The molecule has 4 nitrogen and oxygen atoms in total. The number of nitrogens with zero attached hydrogens (tertiary/aromatic N) is 2. The van der Waals surface area contributed by atoms with Crippen LogP contribution in [-0.4, -0.2) is 27.8 Å². The van der Waals surface area contributed by atoms with E-state index in [4.69, 9.17) is 0 Å². The van der Waals surface area contributed by atoms with Crippen molar-refractivity contribution >= 4 is 17.7 Å². The van der Waals surface area contributed by atoms with Crippen LogP contribution >= 0.6 is 0 Å². The average Bonchev–Trinajstić information content (AvgIpc) is 2.99. The summed E-state index contributed by atoms with van der Waals surface area (Å²) in [6.45, 7) is 1.50. The number of amides is 1. The molecule has 1 unspecified atom stereocenters. The van der Waals surface area contributed by atoms with E-state index in [2.05, 4.69) is 5.10 Å². The lowest BCUT2D eigenvalue weighted by molar-refractivity contribution is -0.129. The number of benzene rings is 2. The molecule has 1 aliphatic heterocycles. The van der Waals surface area contributed by atoms with E-state index in [1.165, 1.54) is 11.9 Å². The van der Waals surface area contributed by atoms with E-state index in [1.807, 2.05) is 54.6 Å². The molecular formula is C19H18N2O2. The van der Waals surface area contributed by atoms with E-state index in [0.29, 0.717) is 12.0 Å². The van der Waals surface area contributed by atoms with Crippen molar-refractivity contribution in [2.24, 2.45) is 5.10 Å². The van der Waals surface area contributed by atoms with Crippen molar-refractivity contribution < 1.29 is 9.90 Å². The summed E-state index contributed by atoms with van der Waals surface area (Å²) in [5.41, 5.74) is 2.47. The van der Waals surface area contributed by atoms with Crippen molar-refractivity contribution in [3.05, 3.63) is 71.8 Å². The van der Waals surface area contributed by atoms with Crippen LogP contribution in [-0.2, 0) is 4.79 Å². The Kier molecular flexibility index (Phi) is 4.24. The summed E-state index contributed by atoms with van der Waals surface area (Å²) >= 11 is 0. The molecule has 23 heavy (non-hydrogen) atoms. The molecule has 0 spiro atoms. The number of para-hydroxylation sites is 1. The Balaban J connectivity index is 1.85. The minimum Gasteiger partial charge on any atom is -0.507 e. The van der Waals surface area contributed by atoms with Gasteiger partial charge in [-0.1, -0.05) is 54.6 Å². The van der Waals surface area contributed by atoms with Crippen LogP contribution in [0.5, 0.6) is 5.75 Å². The summed E-state index contributed by atoms with van der Waals surface area (Å²) in [5, 5.41) is 15.9. The van der Waals surface area contributed by atoms with Crippen LogP contribution < -0.4 is 0 Å². The number of rotatable bonds is 3. The van der Waals surface area contributed by atoms with Gasteiger partial charge in [-0.2, -0.15) is 5.10 Å². The molecule has 3 rings (SSSR count). The van der Waals surface area contributed by atoms with Crippen molar-refractivity contribution in [3.8, 4) is 5.75 Å². The number of hydrogen-bond donors (Lipinski definition) is 1. The smallest absolute Gasteiger partial charge is 0.240 e. The Hall–Kier alpha value is -2.88. The topological polar surface area (TPSA) is 52.9 Å². The predicted molar refractivity (Wildman–Crippen MR) is 91.0 cm³/mol. The first kappa shape index (κ1) is 15.0. The quantitative estimate of drug-likeness (QED) is 0.944. The van der Waals surface area contributed by atoms with Crippen molar-refractivity contribution in [1.82, 2.24) is 5.01 Å². The molecule has 1 atom stereocenters. The van der Waals surface area contributed by atoms with Crippen molar-refractivity contribution in [2.75, 3.05) is 0 Å². The Morgan fingerprint density at radius 3 is 2.57 bits per heavy atom. The fraction of sp³-hybridized carbons (Fsp3) is 0.158. The lowest BCUT2D eigenvalue weighted by Gasteiger charge is -2.16. The first-order valence-corrected chi connectivity index (χ1v) is 7.54. The van der Waals surface area contributed by atoms with Gasteiger partial charge in [0.1, 0.15) is 5.75 Å². The van der Waals surface area contributed by atoms with Gasteiger partial charge in [-0.3, -0.25) is 4.79 Å². The predicted octanol–water partition coefficient (Wildman–Crippen LogP) is 3.43. The number of aromatic hydroxyl groups is 1. The van der Waals surface area contributed by atoms with Crippen LogP contribution in [0.1, 0.15) is 24.5 Å². The Labute approximate surface area is 135 Å². The van der Waals surface area contributed by atoms with E-state index in [9.17, 15) is 9.90 Å². The van der Waals surface area contributed by atoms with Gasteiger partial charge in [-0.15, -0.1) is 0 Å². The Morgan fingerprint density at radius 1 is 1.17 bits per heavy atom. The maximum absolute atomic E-state index is 11.9. The zero-order valence-corrected chi connectivity index (χ0v) is 12.9. The SMILES string of the molecule is CC(=O)N1N=C(c2ccccc2O)CC1C=Cc1ccccc1. The highest BCUT2D eigenvalue weighted by molar-refractivity contribution is 6.05. The van der Waals surface area contributed by atoms with Gasteiger partial charge in [0, 0.05) is 18.9 Å². The highest BCUT2D eigenvalue weighted by Gasteiger charge is 2.29. The van der Waals surface area contributed by atoms with Crippen molar-refractivity contribution in [1.29, 1.82) is 0 Å². The van der Waals surface area contributed by atoms with Gasteiger partial charge in [0.25, 0.3) is 0 Å². The van der Waals surface area contributed by atoms with Crippen LogP contribution in [0.25, 0.3) is 6.08 Å². The monoisotopic (exact) mass is 306 g/mol. The molecule has 0 aromatic heterocycles. The van der Waals surface area contributed by atoms with E-state index < -0.39 is 0 Å². The first-order chi connectivity index (χ1) is 11.1. The average molecular weight is 306 g/mol. The molecular weight excluding hydrogens is 288 g/mol. The van der Waals surface area contributed by atoms with E-state index in [1.54, 1.807) is 12.1 Å². The van der Waals surface area contributed by atoms with E-state index in [-0.39, 0.29) is 17.7 Å². The molecule has 0 bridgehead atoms. The minimum atomic E-state index is -0.137. The molecule has 2 aromatic carbocycles. The Morgan fingerprint density at radius 2 is 1.87 bits per heavy atom. The molecule has 4 heteroatoms. The second-order valence-corrected chi connectivity index (χ2v) is 5.47. The summed E-state index contributed by atoms with van der Waals surface area (Å²) in [6.07, 6.45) is 4.55. The first-order valence-electron chi connectivity index (χ1n) is 7.54. The van der Waals surface area contributed by atoms with E-state index >= 15 is 0 Å². The molecule has 1 aliphatic rings. The summed E-state index contributed by atoms with van der Waals surface area (Å²) in [5.74, 6) is 0.0700. The zero-order chi connectivity index (χ0) is 16.2. The van der Waals surface area contributed by atoms with Gasteiger partial charge in [0.2, 0.25) is 5.91 Å². The lowest BCUT2D eigenvalue weighted by Crippen LogP contribution is -2.29. The van der Waals surface area contributed by atoms with Crippen LogP contribution in [0.3, 0.4) is 0 Å². The highest BCUT2D eigenvalue weighted by atomic mass is 16.3. The summed E-state index contributed by atoms with van der Waals surface area (Å²) in [6, 6.07) is 16.9. The molecule has 1 N–H and O–H groups in total. The standard InChI is InChI=1S/C19H18N2O2/c1-14(22)21-16(12-11-15-7-3-2-4-8-15)13-18(20-21)17-9-5-6-10-19(17)23/h2-12,16,23H,13H2,1H3. The Bertz CT molecular complexity index is 766. The fourth-order valence-corrected chi connectivity index (χ4v) is 2.65. The molecule has 0 saturated heterocycles. The third kappa shape index (κ3) is 3.31. The molecule has 1 amide bonds. The van der Waals surface area contributed by atoms with Gasteiger partial charge in [0.15, 0.2) is 0 Å². The summed E-state index contributed by atoms with van der Waals surface area (Å²) in [7, 11) is 0. The summed E-state index contributed by atoms with van der Waals surface area (Å²) in [4.78, 5) is 11.9. The molecule has 116 valence electrons. The maximum atomic E-state index is 11.9. The van der Waals surface area contributed by atoms with Gasteiger partial charge < -0.3 is 5.11 Å². The molecule has 0 fully saturated rings. The number of phenolic OH excluding ortho intramolecular Hbond substituents is 1. The summed E-state index contributed by atoms with van der Waals surface area (Å²) < 4.78 is 0. The van der Waals surface area contributed by atoms with Crippen LogP contribution in [0.2, 0.25) is 0 Å². The van der Waals surface area contributed by atoms with Gasteiger partial charge in [-0.05, 0) is 17.7 Å². The highest BCUT2D eigenvalue weighted by Crippen LogP contribution is 2.26. The van der Waals surface area contributed by atoms with Crippen LogP contribution in [0, 0.1) is 0 Å². The van der Waals surface area contributed by atoms with Gasteiger partial charge >= 0.3 is 0 Å². The van der Waals surface area contributed by atoms with E-state index in [0.717, 1.165) is 11.3 Å². The van der Waals surface area contributed by atoms with Crippen LogP contribution in [0.15, 0.2) is 65.8 Å². The molecule has 0 radical (unpaired) electrons. The largest absolute Gasteiger partial charge is 0.507 e. The normalized spacial score (nSPS) is 17.5. The number of carbonyl (C=O) groups excluding carboxylic acids is 1. The molecule has 0 aliphatic carbocycles. The number of hydrogen-bond acceptors (Lipinski definition) is 3. The lowest BCUT2D eigenvalue weighted by atomic mass is 10.0. The third-order valence-electron chi connectivity index (χ3n) is 3.79. The van der Waals surface area contributed by atoms with Crippen LogP contribution in [0.4, 0.5) is 0 Å². The number of hydrazone groups is 1. The molecule has 0 saturated carbocycles. The molecule has 1 heterocycles. The van der Waals surface area contributed by atoms with Crippen molar-refractivity contribution in [3.63, 3.8) is 0 Å². The third-order valence-corrected chi connectivity index (χ3v) is 3.79. The fourth-order valence-electron chi connectivity index (χ4n) is 2.65. The second kappa shape index (κ2) is 6.48. The van der Waals surface area contributed by atoms with Gasteiger partial charge in [0.05, 0.1) is 11.8 Å². The maximum Gasteiger partial charge on any atom is 0.240 e.